The van der Waals surface area contributed by atoms with Gasteiger partial charge in [-0.05, 0) is 25.5 Å². The third-order valence-corrected chi connectivity index (χ3v) is 3.35. The van der Waals surface area contributed by atoms with Gasteiger partial charge < -0.3 is 5.11 Å². The van der Waals surface area contributed by atoms with Crippen LogP contribution in [0.25, 0.3) is 0 Å². The summed E-state index contributed by atoms with van der Waals surface area (Å²) < 4.78 is 13.7. The van der Waals surface area contributed by atoms with Gasteiger partial charge in [-0.3, -0.25) is 9.69 Å². The van der Waals surface area contributed by atoms with Crippen molar-refractivity contribution in [3.8, 4) is 0 Å². The second-order valence-corrected chi connectivity index (χ2v) is 4.59. The van der Waals surface area contributed by atoms with E-state index in [1.165, 1.54) is 6.07 Å². The molecular formula is C12H13ClFNO2. The maximum atomic E-state index is 13.7. The highest BCUT2D eigenvalue weighted by atomic mass is 35.5. The molecule has 0 spiro atoms. The molecule has 17 heavy (non-hydrogen) atoms. The summed E-state index contributed by atoms with van der Waals surface area (Å²) in [6.07, 6.45) is 1.46. The Balaban J connectivity index is 2.15. The van der Waals surface area contributed by atoms with Crippen molar-refractivity contribution >= 4 is 17.6 Å². The lowest BCUT2D eigenvalue weighted by Gasteiger charge is -2.21. The van der Waals surface area contributed by atoms with Crippen LogP contribution in [-0.2, 0) is 11.3 Å². The minimum Gasteiger partial charge on any atom is -0.480 e. The molecule has 1 N–H and O–H groups in total. The van der Waals surface area contributed by atoms with E-state index in [0.29, 0.717) is 25.1 Å². The number of carbonyl (C=O) groups is 1. The smallest absolute Gasteiger partial charge is 0.320 e. The van der Waals surface area contributed by atoms with E-state index in [2.05, 4.69) is 0 Å². The molecule has 0 bridgehead atoms. The van der Waals surface area contributed by atoms with E-state index < -0.39 is 17.8 Å². The Morgan fingerprint density at radius 3 is 3.06 bits per heavy atom. The molecule has 1 aliphatic heterocycles. The molecule has 1 heterocycles. The van der Waals surface area contributed by atoms with Crippen LogP contribution in [-0.4, -0.2) is 28.6 Å². The van der Waals surface area contributed by atoms with Crippen molar-refractivity contribution in [2.75, 3.05) is 6.54 Å². The van der Waals surface area contributed by atoms with Crippen molar-refractivity contribution in [3.05, 3.63) is 34.6 Å². The van der Waals surface area contributed by atoms with Gasteiger partial charge in [-0.15, -0.1) is 0 Å². The fourth-order valence-corrected chi connectivity index (χ4v) is 2.38. The van der Waals surface area contributed by atoms with Crippen LogP contribution < -0.4 is 0 Å². The average Bonchev–Trinajstić information content (AvgIpc) is 2.73. The average molecular weight is 258 g/mol. The summed E-state index contributed by atoms with van der Waals surface area (Å²) in [6, 6.07) is 4.29. The molecule has 1 fully saturated rings. The van der Waals surface area contributed by atoms with Crippen molar-refractivity contribution < 1.29 is 14.3 Å². The summed E-state index contributed by atoms with van der Waals surface area (Å²) in [5, 5.41) is 9.10. The molecule has 1 aliphatic rings. The summed E-state index contributed by atoms with van der Waals surface area (Å²) in [4.78, 5) is 12.8. The minimum atomic E-state index is -0.843. The predicted octanol–water partition coefficient (Wildman–Crippen LogP) is 2.53. The lowest BCUT2D eigenvalue weighted by Crippen LogP contribution is -2.35. The molecule has 1 aromatic rings. The van der Waals surface area contributed by atoms with E-state index in [4.69, 9.17) is 16.7 Å². The van der Waals surface area contributed by atoms with Crippen molar-refractivity contribution in [2.24, 2.45) is 0 Å². The van der Waals surface area contributed by atoms with Crippen LogP contribution in [0.5, 0.6) is 0 Å². The highest BCUT2D eigenvalue weighted by Gasteiger charge is 2.30. The first kappa shape index (κ1) is 12.3. The Bertz CT molecular complexity index is 439. The van der Waals surface area contributed by atoms with Crippen molar-refractivity contribution in [1.29, 1.82) is 0 Å². The number of rotatable bonds is 3. The number of halogens is 2. The van der Waals surface area contributed by atoms with Crippen LogP contribution >= 0.6 is 11.6 Å². The number of nitrogens with zero attached hydrogens (tertiary/aromatic N) is 1. The zero-order valence-corrected chi connectivity index (χ0v) is 9.95. The molecule has 92 valence electrons. The summed E-state index contributed by atoms with van der Waals surface area (Å²) in [6.45, 7) is 0.978. The van der Waals surface area contributed by atoms with E-state index in [-0.39, 0.29) is 5.02 Å². The van der Waals surface area contributed by atoms with Crippen LogP contribution in [0.4, 0.5) is 4.39 Å². The van der Waals surface area contributed by atoms with Crippen LogP contribution in [0.15, 0.2) is 18.2 Å². The van der Waals surface area contributed by atoms with Crippen LogP contribution in [0.2, 0.25) is 5.02 Å². The predicted molar refractivity (Wildman–Crippen MR) is 62.5 cm³/mol. The maximum Gasteiger partial charge on any atom is 0.320 e. The standard InChI is InChI=1S/C12H13ClFNO2/c13-9-4-1-3-8(11(9)14)7-15-6-2-5-10(15)12(16)17/h1,3-4,10H,2,5-7H2,(H,16,17)/t10-/m0/s1. The summed E-state index contributed by atoms with van der Waals surface area (Å²) in [5.74, 6) is -1.30. The van der Waals surface area contributed by atoms with Gasteiger partial charge in [0, 0.05) is 12.1 Å². The molecular weight excluding hydrogens is 245 g/mol. The molecule has 0 radical (unpaired) electrons. The molecule has 0 aliphatic carbocycles. The Morgan fingerprint density at radius 1 is 1.59 bits per heavy atom. The normalized spacial score (nSPS) is 20.7. The van der Waals surface area contributed by atoms with E-state index in [9.17, 15) is 9.18 Å². The second kappa shape index (κ2) is 5.02. The largest absolute Gasteiger partial charge is 0.480 e. The number of aliphatic carboxylic acids is 1. The van der Waals surface area contributed by atoms with Crippen molar-refractivity contribution in [2.45, 2.75) is 25.4 Å². The van der Waals surface area contributed by atoms with E-state index >= 15 is 0 Å². The number of likely N-dealkylation sites (tertiary alicyclic amines) is 1. The first-order valence-corrected chi connectivity index (χ1v) is 5.87. The Morgan fingerprint density at radius 2 is 2.35 bits per heavy atom. The van der Waals surface area contributed by atoms with Crippen LogP contribution in [0.3, 0.4) is 0 Å². The molecule has 0 amide bonds. The monoisotopic (exact) mass is 257 g/mol. The Kier molecular flexibility index (Phi) is 3.64. The van der Waals surface area contributed by atoms with Crippen LogP contribution in [0.1, 0.15) is 18.4 Å². The minimum absolute atomic E-state index is 0.0774. The first-order chi connectivity index (χ1) is 8.09. The number of carboxylic acid groups (broad SMARTS) is 1. The molecule has 1 saturated heterocycles. The molecule has 0 aromatic heterocycles. The van der Waals surface area contributed by atoms with Gasteiger partial charge in [0.2, 0.25) is 0 Å². The highest BCUT2D eigenvalue weighted by Crippen LogP contribution is 2.24. The topological polar surface area (TPSA) is 40.5 Å². The van der Waals surface area contributed by atoms with E-state index in [0.717, 1.165) is 6.42 Å². The molecule has 1 aromatic carbocycles. The van der Waals surface area contributed by atoms with Gasteiger partial charge in [-0.2, -0.15) is 0 Å². The molecule has 3 nitrogen and oxygen atoms in total. The van der Waals surface area contributed by atoms with E-state index in [1.54, 1.807) is 17.0 Å². The van der Waals surface area contributed by atoms with Gasteiger partial charge in [0.15, 0.2) is 0 Å². The summed E-state index contributed by atoms with van der Waals surface area (Å²) in [5.41, 5.74) is 0.450. The molecule has 1 atom stereocenters. The maximum absolute atomic E-state index is 13.7. The van der Waals surface area contributed by atoms with Gasteiger partial charge >= 0.3 is 5.97 Å². The molecule has 0 saturated carbocycles. The van der Waals surface area contributed by atoms with Crippen LogP contribution in [0, 0.1) is 5.82 Å². The number of benzene rings is 1. The zero-order valence-electron chi connectivity index (χ0n) is 9.20. The third-order valence-electron chi connectivity index (χ3n) is 3.05. The zero-order chi connectivity index (χ0) is 12.4. The lowest BCUT2D eigenvalue weighted by atomic mass is 10.1. The summed E-state index contributed by atoms with van der Waals surface area (Å²) in [7, 11) is 0. The highest BCUT2D eigenvalue weighted by molar-refractivity contribution is 6.30. The SMILES string of the molecule is O=C(O)[C@@H]1CCCN1Cc1cccc(Cl)c1F. The fraction of sp³-hybridized carbons (Fsp3) is 0.417. The number of hydrogen-bond acceptors (Lipinski definition) is 2. The van der Waals surface area contributed by atoms with Crippen molar-refractivity contribution in [3.63, 3.8) is 0 Å². The molecule has 0 unspecified atom stereocenters. The molecule has 5 heteroatoms. The number of hydrogen-bond donors (Lipinski definition) is 1. The van der Waals surface area contributed by atoms with Gasteiger partial charge in [0.05, 0.1) is 5.02 Å². The fourth-order valence-electron chi connectivity index (χ4n) is 2.18. The summed E-state index contributed by atoms with van der Waals surface area (Å²) >= 11 is 5.69. The molecule has 2 rings (SSSR count). The third kappa shape index (κ3) is 2.58. The Hall–Kier alpha value is -1.13. The van der Waals surface area contributed by atoms with Gasteiger partial charge in [-0.1, -0.05) is 23.7 Å². The van der Waals surface area contributed by atoms with Gasteiger partial charge in [0.25, 0.3) is 0 Å². The van der Waals surface area contributed by atoms with E-state index in [1.807, 2.05) is 0 Å². The Labute approximate surface area is 104 Å². The second-order valence-electron chi connectivity index (χ2n) is 4.18. The number of carboxylic acids is 1. The van der Waals surface area contributed by atoms with Gasteiger partial charge in [0.1, 0.15) is 11.9 Å². The van der Waals surface area contributed by atoms with Crippen molar-refractivity contribution in [1.82, 2.24) is 4.90 Å². The van der Waals surface area contributed by atoms with Gasteiger partial charge in [-0.25, -0.2) is 4.39 Å². The lowest BCUT2D eigenvalue weighted by molar-refractivity contribution is -0.142. The quantitative estimate of drug-likeness (QED) is 0.905. The first-order valence-electron chi connectivity index (χ1n) is 5.49.